The van der Waals surface area contributed by atoms with Gasteiger partial charge in [0, 0.05) is 12.1 Å². The fourth-order valence-corrected chi connectivity index (χ4v) is 2.09. The quantitative estimate of drug-likeness (QED) is 0.668. The van der Waals surface area contributed by atoms with Gasteiger partial charge in [0.05, 0.1) is 0 Å². The van der Waals surface area contributed by atoms with Gasteiger partial charge in [-0.25, -0.2) is 0 Å². The first-order valence-corrected chi connectivity index (χ1v) is 5.06. The first-order valence-electron chi connectivity index (χ1n) is 5.06. The summed E-state index contributed by atoms with van der Waals surface area (Å²) in [6, 6.07) is 1.18. The second-order valence-corrected chi connectivity index (χ2v) is 4.52. The minimum absolute atomic E-state index is 0.484. The van der Waals surface area contributed by atoms with Crippen molar-refractivity contribution >= 4 is 0 Å². The number of hydrogen-bond acceptors (Lipinski definition) is 2. The smallest absolute Gasteiger partial charge is 0.00959 e. The van der Waals surface area contributed by atoms with Crippen LogP contribution in [0.5, 0.6) is 0 Å². The van der Waals surface area contributed by atoms with E-state index in [0.717, 1.165) is 11.8 Å². The third-order valence-electron chi connectivity index (χ3n) is 2.88. The highest BCUT2D eigenvalue weighted by Crippen LogP contribution is 2.31. The molecule has 2 heteroatoms. The Morgan fingerprint density at radius 1 is 1.42 bits per heavy atom. The highest BCUT2D eigenvalue weighted by atomic mass is 14.9. The maximum atomic E-state index is 5.76. The fraction of sp³-hybridized carbons (Fsp3) is 1.00. The Balaban J connectivity index is 2.26. The molecule has 1 unspecified atom stereocenters. The molecule has 0 aromatic heterocycles. The lowest BCUT2D eigenvalue weighted by Crippen LogP contribution is -2.47. The molecule has 0 aromatic rings. The van der Waals surface area contributed by atoms with Gasteiger partial charge in [0.25, 0.3) is 0 Å². The number of hydrogen-bond donors (Lipinski definition) is 2. The molecule has 12 heavy (non-hydrogen) atoms. The predicted octanol–water partition coefficient (Wildman–Crippen LogP) is 1.36. The second-order valence-electron chi connectivity index (χ2n) is 4.52. The summed E-state index contributed by atoms with van der Waals surface area (Å²) in [6.07, 6.45) is 3.73. The normalized spacial score (nSPS) is 31.8. The Morgan fingerprint density at radius 2 is 2.00 bits per heavy atom. The van der Waals surface area contributed by atoms with Crippen LogP contribution in [-0.2, 0) is 0 Å². The first-order chi connectivity index (χ1) is 5.63. The summed E-state index contributed by atoms with van der Waals surface area (Å²) in [7, 11) is 2.07. The van der Waals surface area contributed by atoms with Crippen LogP contribution in [0.4, 0.5) is 0 Å². The van der Waals surface area contributed by atoms with Crippen LogP contribution in [0.2, 0.25) is 0 Å². The lowest BCUT2D eigenvalue weighted by atomic mass is 9.74. The third kappa shape index (κ3) is 2.46. The van der Waals surface area contributed by atoms with Crippen molar-refractivity contribution in [3.8, 4) is 0 Å². The van der Waals surface area contributed by atoms with Crippen LogP contribution >= 0.6 is 0 Å². The molecule has 1 rings (SSSR count). The topological polar surface area (TPSA) is 38.0 Å². The SMILES string of the molecule is CNC(CC(C)C)C1CC(N)C1. The van der Waals surface area contributed by atoms with Crippen molar-refractivity contribution in [2.24, 2.45) is 17.6 Å². The monoisotopic (exact) mass is 170 g/mol. The van der Waals surface area contributed by atoms with Crippen molar-refractivity contribution in [3.05, 3.63) is 0 Å². The van der Waals surface area contributed by atoms with Crippen molar-refractivity contribution < 1.29 is 0 Å². The van der Waals surface area contributed by atoms with E-state index >= 15 is 0 Å². The molecule has 3 N–H and O–H groups in total. The molecule has 0 amide bonds. The molecule has 1 saturated carbocycles. The van der Waals surface area contributed by atoms with Gasteiger partial charge in [-0.15, -0.1) is 0 Å². The van der Waals surface area contributed by atoms with Crippen LogP contribution in [-0.4, -0.2) is 19.1 Å². The Morgan fingerprint density at radius 3 is 2.33 bits per heavy atom. The summed E-state index contributed by atoms with van der Waals surface area (Å²) >= 11 is 0. The van der Waals surface area contributed by atoms with Gasteiger partial charge in [-0.1, -0.05) is 13.8 Å². The van der Waals surface area contributed by atoms with E-state index in [4.69, 9.17) is 5.73 Å². The molecule has 0 heterocycles. The summed E-state index contributed by atoms with van der Waals surface area (Å²) in [5.41, 5.74) is 5.76. The third-order valence-corrected chi connectivity index (χ3v) is 2.88. The van der Waals surface area contributed by atoms with Crippen LogP contribution < -0.4 is 11.1 Å². The van der Waals surface area contributed by atoms with Crippen LogP contribution in [0.25, 0.3) is 0 Å². The lowest BCUT2D eigenvalue weighted by molar-refractivity contribution is 0.185. The van der Waals surface area contributed by atoms with E-state index in [2.05, 4.69) is 26.2 Å². The lowest BCUT2D eigenvalue weighted by Gasteiger charge is -2.39. The summed E-state index contributed by atoms with van der Waals surface area (Å²) in [5.74, 6) is 1.63. The number of nitrogens with one attached hydrogen (secondary N) is 1. The van der Waals surface area contributed by atoms with E-state index < -0.39 is 0 Å². The van der Waals surface area contributed by atoms with Crippen molar-refractivity contribution in [1.82, 2.24) is 5.32 Å². The molecule has 0 aliphatic heterocycles. The number of rotatable bonds is 4. The van der Waals surface area contributed by atoms with E-state index in [0.29, 0.717) is 12.1 Å². The van der Waals surface area contributed by atoms with Gasteiger partial charge in [-0.2, -0.15) is 0 Å². The van der Waals surface area contributed by atoms with Crippen LogP contribution in [0, 0.1) is 11.8 Å². The van der Waals surface area contributed by atoms with Crippen LogP contribution in [0.3, 0.4) is 0 Å². The van der Waals surface area contributed by atoms with Gasteiger partial charge in [0.15, 0.2) is 0 Å². The van der Waals surface area contributed by atoms with Gasteiger partial charge in [0.1, 0.15) is 0 Å². The van der Waals surface area contributed by atoms with E-state index in [9.17, 15) is 0 Å². The summed E-state index contributed by atoms with van der Waals surface area (Å²) < 4.78 is 0. The van der Waals surface area contributed by atoms with Crippen LogP contribution in [0.1, 0.15) is 33.1 Å². The highest BCUT2D eigenvalue weighted by Gasteiger charge is 2.32. The van der Waals surface area contributed by atoms with E-state index in [-0.39, 0.29) is 0 Å². The largest absolute Gasteiger partial charge is 0.328 e. The molecule has 0 saturated heterocycles. The van der Waals surface area contributed by atoms with E-state index in [1.165, 1.54) is 19.3 Å². The van der Waals surface area contributed by atoms with Gasteiger partial charge < -0.3 is 11.1 Å². The van der Waals surface area contributed by atoms with Crippen molar-refractivity contribution in [2.45, 2.75) is 45.2 Å². The minimum atomic E-state index is 0.484. The van der Waals surface area contributed by atoms with Gasteiger partial charge in [0.2, 0.25) is 0 Å². The summed E-state index contributed by atoms with van der Waals surface area (Å²) in [6.45, 7) is 4.56. The molecular formula is C10H22N2. The van der Waals surface area contributed by atoms with Gasteiger partial charge in [-0.3, -0.25) is 0 Å². The summed E-state index contributed by atoms with van der Waals surface area (Å²) in [5, 5.41) is 3.40. The molecule has 0 radical (unpaired) electrons. The molecule has 0 bridgehead atoms. The molecular weight excluding hydrogens is 148 g/mol. The standard InChI is InChI=1S/C10H22N2/c1-7(2)4-10(12-3)8-5-9(11)6-8/h7-10,12H,4-6,11H2,1-3H3. The second kappa shape index (κ2) is 4.24. The average molecular weight is 170 g/mol. The van der Waals surface area contributed by atoms with Crippen molar-refractivity contribution in [3.63, 3.8) is 0 Å². The highest BCUT2D eigenvalue weighted by molar-refractivity contribution is 4.89. The minimum Gasteiger partial charge on any atom is -0.328 e. The molecule has 0 aromatic carbocycles. The van der Waals surface area contributed by atoms with Crippen molar-refractivity contribution in [2.75, 3.05) is 7.05 Å². The zero-order chi connectivity index (χ0) is 9.14. The zero-order valence-corrected chi connectivity index (χ0v) is 8.51. The molecule has 2 nitrogen and oxygen atoms in total. The fourth-order valence-electron chi connectivity index (χ4n) is 2.09. The summed E-state index contributed by atoms with van der Waals surface area (Å²) in [4.78, 5) is 0. The Kier molecular flexibility index (Phi) is 3.53. The first kappa shape index (κ1) is 10.0. The Hall–Kier alpha value is -0.0800. The maximum Gasteiger partial charge on any atom is 0.00959 e. The van der Waals surface area contributed by atoms with E-state index in [1.807, 2.05) is 0 Å². The number of nitrogens with two attached hydrogens (primary N) is 1. The van der Waals surface area contributed by atoms with Crippen molar-refractivity contribution in [1.29, 1.82) is 0 Å². The molecule has 72 valence electrons. The zero-order valence-electron chi connectivity index (χ0n) is 8.51. The molecule has 1 aliphatic rings. The Labute approximate surface area is 75.9 Å². The maximum absolute atomic E-state index is 5.76. The van der Waals surface area contributed by atoms with Gasteiger partial charge in [-0.05, 0) is 38.1 Å². The molecule has 1 fully saturated rings. The van der Waals surface area contributed by atoms with Gasteiger partial charge >= 0.3 is 0 Å². The molecule has 1 atom stereocenters. The molecule has 0 spiro atoms. The average Bonchev–Trinajstić information content (AvgIpc) is 1.94. The van der Waals surface area contributed by atoms with E-state index in [1.54, 1.807) is 0 Å². The molecule has 1 aliphatic carbocycles. The Bertz CT molecular complexity index is 128. The predicted molar refractivity (Wildman–Crippen MR) is 53.0 cm³/mol. The van der Waals surface area contributed by atoms with Crippen LogP contribution in [0.15, 0.2) is 0 Å².